The van der Waals surface area contributed by atoms with Crippen LogP contribution in [0.1, 0.15) is 25.3 Å². The lowest BCUT2D eigenvalue weighted by Gasteiger charge is -2.45. The molecule has 3 saturated carbocycles. The molecule has 1 N–H and O–H groups in total. The minimum Gasteiger partial charge on any atom is -0.393 e. The highest BCUT2D eigenvalue weighted by Crippen LogP contribution is 2.63. The summed E-state index contributed by atoms with van der Waals surface area (Å²) < 4.78 is 18.0. The van der Waals surface area contributed by atoms with E-state index in [1.807, 2.05) is 37.3 Å². The van der Waals surface area contributed by atoms with Crippen molar-refractivity contribution in [2.24, 2.45) is 29.6 Å². The number of benzene rings is 1. The Kier molecular flexibility index (Phi) is 4.68. The van der Waals surface area contributed by atoms with Gasteiger partial charge in [0.15, 0.2) is 5.79 Å². The monoisotopic (exact) mass is 360 g/mol. The van der Waals surface area contributed by atoms with E-state index < -0.39 is 11.9 Å². The number of hydrogen-bond donors (Lipinski definition) is 1. The van der Waals surface area contributed by atoms with Gasteiger partial charge in [0, 0.05) is 32.5 Å². The summed E-state index contributed by atoms with van der Waals surface area (Å²) in [4.78, 5) is 12.6. The summed E-state index contributed by atoms with van der Waals surface area (Å²) in [6, 6.07) is 10.1. The lowest BCUT2D eigenvalue weighted by molar-refractivity contribution is -0.239. The Bertz CT molecular complexity index is 656. The molecule has 0 unspecified atom stereocenters. The smallest absolute Gasteiger partial charge is 0.181 e. The Morgan fingerprint density at radius 2 is 1.88 bits per heavy atom. The van der Waals surface area contributed by atoms with Gasteiger partial charge in [-0.2, -0.15) is 0 Å². The van der Waals surface area contributed by atoms with Gasteiger partial charge < -0.3 is 19.3 Å². The molecule has 2 bridgehead atoms. The summed E-state index contributed by atoms with van der Waals surface area (Å²) in [5.41, 5.74) is 1.11. The molecule has 5 heteroatoms. The molecule has 142 valence electrons. The molecule has 5 nitrogen and oxygen atoms in total. The zero-order chi connectivity index (χ0) is 18.5. The third-order valence-corrected chi connectivity index (χ3v) is 7.05. The van der Waals surface area contributed by atoms with Crippen molar-refractivity contribution in [1.82, 2.24) is 0 Å². The number of hydrogen-bond acceptors (Lipinski definition) is 5. The molecule has 26 heavy (non-hydrogen) atoms. The van der Waals surface area contributed by atoms with Gasteiger partial charge in [0.1, 0.15) is 5.78 Å². The number of ketones is 1. The predicted octanol–water partition coefficient (Wildman–Crippen LogP) is 2.41. The summed E-state index contributed by atoms with van der Waals surface area (Å²) in [5.74, 6) is -0.768. The first-order valence-corrected chi connectivity index (χ1v) is 9.50. The van der Waals surface area contributed by atoms with Gasteiger partial charge in [0.05, 0.1) is 24.7 Å². The molecule has 0 saturated heterocycles. The fraction of sp³-hybridized carbons (Fsp3) is 0.667. The van der Waals surface area contributed by atoms with Crippen molar-refractivity contribution in [3.63, 3.8) is 0 Å². The topological polar surface area (TPSA) is 65.0 Å². The minimum absolute atomic E-state index is 0.0147. The maximum absolute atomic E-state index is 12.6. The Hall–Kier alpha value is -1.27. The molecule has 1 aromatic carbocycles. The van der Waals surface area contributed by atoms with E-state index in [1.54, 1.807) is 14.2 Å². The van der Waals surface area contributed by atoms with Crippen molar-refractivity contribution in [2.45, 2.75) is 44.4 Å². The van der Waals surface area contributed by atoms with Crippen molar-refractivity contribution < 1.29 is 24.1 Å². The molecule has 3 aliphatic carbocycles. The number of aliphatic hydroxyl groups is 1. The van der Waals surface area contributed by atoms with Crippen LogP contribution in [0.15, 0.2) is 30.3 Å². The zero-order valence-electron chi connectivity index (χ0n) is 15.6. The molecule has 0 radical (unpaired) electrons. The molecule has 0 aliphatic heterocycles. The number of rotatable bonds is 5. The molecule has 3 fully saturated rings. The van der Waals surface area contributed by atoms with Crippen LogP contribution in [0.3, 0.4) is 0 Å². The highest BCUT2D eigenvalue weighted by Gasteiger charge is 2.72. The second kappa shape index (κ2) is 6.71. The van der Waals surface area contributed by atoms with Crippen molar-refractivity contribution in [3.8, 4) is 0 Å². The Morgan fingerprint density at radius 3 is 2.54 bits per heavy atom. The Balaban J connectivity index is 1.63. The summed E-state index contributed by atoms with van der Waals surface area (Å²) in [6.07, 6.45) is 0.493. The van der Waals surface area contributed by atoms with Gasteiger partial charge in [-0.1, -0.05) is 37.3 Å². The van der Waals surface area contributed by atoms with E-state index in [9.17, 15) is 9.90 Å². The average molecular weight is 360 g/mol. The van der Waals surface area contributed by atoms with E-state index in [1.165, 1.54) is 0 Å². The minimum atomic E-state index is -0.870. The molecule has 0 spiro atoms. The van der Waals surface area contributed by atoms with Crippen molar-refractivity contribution >= 4 is 5.78 Å². The summed E-state index contributed by atoms with van der Waals surface area (Å²) in [5, 5.41) is 10.6. The molecule has 7 atom stereocenters. The third kappa shape index (κ3) is 2.48. The van der Waals surface area contributed by atoms with E-state index in [-0.39, 0.29) is 41.5 Å². The van der Waals surface area contributed by atoms with Gasteiger partial charge in [-0.25, -0.2) is 0 Å². The number of carbonyl (C=O) groups is 1. The molecular formula is C21H28O5. The van der Waals surface area contributed by atoms with Gasteiger partial charge in [-0.05, 0) is 23.8 Å². The normalized spacial score (nSPS) is 40.6. The van der Waals surface area contributed by atoms with Crippen LogP contribution < -0.4 is 0 Å². The van der Waals surface area contributed by atoms with Gasteiger partial charge in [-0.15, -0.1) is 0 Å². The van der Waals surface area contributed by atoms with E-state index >= 15 is 0 Å². The third-order valence-electron chi connectivity index (χ3n) is 7.05. The van der Waals surface area contributed by atoms with Crippen LogP contribution in [-0.4, -0.2) is 43.1 Å². The van der Waals surface area contributed by atoms with Gasteiger partial charge in [-0.3, -0.25) is 4.79 Å². The quantitative estimate of drug-likeness (QED) is 0.817. The lowest BCUT2D eigenvalue weighted by atomic mass is 9.65. The summed E-state index contributed by atoms with van der Waals surface area (Å²) in [7, 11) is 3.25. The van der Waals surface area contributed by atoms with Crippen molar-refractivity contribution in [3.05, 3.63) is 35.9 Å². The van der Waals surface area contributed by atoms with Crippen molar-refractivity contribution in [2.75, 3.05) is 14.2 Å². The first-order valence-electron chi connectivity index (χ1n) is 9.50. The average Bonchev–Trinajstić information content (AvgIpc) is 3.09. The first-order chi connectivity index (χ1) is 12.5. The Morgan fingerprint density at radius 1 is 1.19 bits per heavy atom. The molecule has 0 aromatic heterocycles. The zero-order valence-corrected chi connectivity index (χ0v) is 15.6. The van der Waals surface area contributed by atoms with Crippen LogP contribution in [0.4, 0.5) is 0 Å². The number of methoxy groups -OCH3 is 2. The number of ether oxygens (including phenoxy) is 3. The standard InChI is InChI=1S/C21H28O5/c1-12-16(22)9-14-18(20(12)26-11-13-7-5-4-6-8-13)15-10-17(23)19(14)21(15,24-2)25-3/h4-8,12,14-16,18-20,22H,9-11H2,1-3H3/t12-,14-,15+,16-,18+,19+,20+/m0/s1. The van der Waals surface area contributed by atoms with Crippen LogP contribution in [0.5, 0.6) is 0 Å². The van der Waals surface area contributed by atoms with Gasteiger partial charge in [0.2, 0.25) is 0 Å². The second-order valence-electron chi connectivity index (χ2n) is 8.05. The van der Waals surface area contributed by atoms with Gasteiger partial charge >= 0.3 is 0 Å². The number of carbonyl (C=O) groups excluding carboxylic acids is 1. The molecule has 0 amide bonds. The largest absolute Gasteiger partial charge is 0.393 e. The molecule has 4 rings (SSSR count). The van der Waals surface area contributed by atoms with Crippen LogP contribution in [0, 0.1) is 29.6 Å². The van der Waals surface area contributed by atoms with Crippen LogP contribution >= 0.6 is 0 Å². The molecule has 0 heterocycles. The highest BCUT2D eigenvalue weighted by atomic mass is 16.7. The van der Waals surface area contributed by atoms with Gasteiger partial charge in [0.25, 0.3) is 0 Å². The van der Waals surface area contributed by atoms with E-state index in [0.29, 0.717) is 19.4 Å². The maximum atomic E-state index is 12.6. The second-order valence-corrected chi connectivity index (χ2v) is 8.05. The SMILES string of the molecule is COC1(OC)[C@@H]2CC(=O)[C@H]1[C@H]1C[C@H](O)[C@H](C)[C@@H](OCc3ccccc3)[C@H]12. The van der Waals surface area contributed by atoms with Crippen LogP contribution in [-0.2, 0) is 25.6 Å². The highest BCUT2D eigenvalue weighted by molar-refractivity contribution is 5.87. The predicted molar refractivity (Wildman–Crippen MR) is 95.1 cm³/mol. The maximum Gasteiger partial charge on any atom is 0.181 e. The van der Waals surface area contributed by atoms with E-state index in [2.05, 4.69) is 0 Å². The molecule has 1 aromatic rings. The number of Topliss-reactive ketones (excluding diaryl/α,β-unsaturated/α-hetero) is 1. The fourth-order valence-electron chi connectivity index (χ4n) is 5.90. The fourth-order valence-corrected chi connectivity index (χ4v) is 5.90. The van der Waals surface area contributed by atoms with E-state index in [0.717, 1.165) is 5.56 Å². The summed E-state index contributed by atoms with van der Waals surface area (Å²) in [6.45, 7) is 2.55. The van der Waals surface area contributed by atoms with E-state index in [4.69, 9.17) is 14.2 Å². The first kappa shape index (κ1) is 18.1. The Labute approximate surface area is 154 Å². The molecular weight excluding hydrogens is 332 g/mol. The lowest BCUT2D eigenvalue weighted by Crippen LogP contribution is -2.50. The van der Waals surface area contributed by atoms with Crippen LogP contribution in [0.2, 0.25) is 0 Å². The number of fused-ring (bicyclic) bond motifs is 5. The van der Waals surface area contributed by atoms with Crippen LogP contribution in [0.25, 0.3) is 0 Å². The number of aliphatic hydroxyl groups excluding tert-OH is 1. The van der Waals surface area contributed by atoms with Crippen molar-refractivity contribution in [1.29, 1.82) is 0 Å². The molecule has 3 aliphatic rings. The summed E-state index contributed by atoms with van der Waals surface area (Å²) >= 11 is 0.